The van der Waals surface area contributed by atoms with Gasteiger partial charge in [0.1, 0.15) is 5.82 Å². The number of nitrogens with two attached hydrogens (primary N) is 1. The maximum absolute atomic E-state index is 6.22. The van der Waals surface area contributed by atoms with E-state index in [0.29, 0.717) is 10.0 Å². The van der Waals surface area contributed by atoms with Crippen LogP contribution in [0.3, 0.4) is 0 Å². The molecule has 0 unspecified atom stereocenters. The highest BCUT2D eigenvalue weighted by Crippen LogP contribution is 2.29. The fourth-order valence-electron chi connectivity index (χ4n) is 2.57. The van der Waals surface area contributed by atoms with Crippen molar-refractivity contribution in [3.05, 3.63) is 46.6 Å². The average molecular weight is 323 g/mol. The van der Waals surface area contributed by atoms with Gasteiger partial charge in [0, 0.05) is 32.4 Å². The molecule has 1 aromatic heterocycles. The van der Waals surface area contributed by atoms with Gasteiger partial charge in [-0.2, -0.15) is 0 Å². The third-order valence-electron chi connectivity index (χ3n) is 3.65. The van der Waals surface area contributed by atoms with Crippen LogP contribution in [0.1, 0.15) is 0 Å². The van der Waals surface area contributed by atoms with Gasteiger partial charge in [0.2, 0.25) is 0 Å². The molecule has 3 rings (SSSR count). The highest BCUT2D eigenvalue weighted by molar-refractivity contribution is 6.36. The number of hydrogen-bond donors (Lipinski definition) is 1. The molecule has 1 aliphatic heterocycles. The van der Waals surface area contributed by atoms with E-state index >= 15 is 0 Å². The zero-order valence-corrected chi connectivity index (χ0v) is 13.0. The van der Waals surface area contributed by atoms with Gasteiger partial charge < -0.3 is 15.5 Å². The summed E-state index contributed by atoms with van der Waals surface area (Å²) in [6, 6.07) is 9.67. The minimum Gasteiger partial charge on any atom is -0.397 e. The lowest BCUT2D eigenvalue weighted by Crippen LogP contribution is -2.47. The Balaban J connectivity index is 1.72. The number of nitrogens with zero attached hydrogens (tertiary/aromatic N) is 3. The maximum Gasteiger partial charge on any atom is 0.147 e. The number of para-hydroxylation sites is 2. The second kappa shape index (κ2) is 6.00. The first kappa shape index (κ1) is 14.3. The van der Waals surface area contributed by atoms with E-state index in [1.807, 2.05) is 18.2 Å². The van der Waals surface area contributed by atoms with Gasteiger partial charge in [-0.25, -0.2) is 4.98 Å². The quantitative estimate of drug-likeness (QED) is 0.862. The van der Waals surface area contributed by atoms with Crippen molar-refractivity contribution >= 4 is 40.4 Å². The van der Waals surface area contributed by atoms with Crippen molar-refractivity contribution < 1.29 is 0 Å². The standard InChI is InChI=1S/C15H16Cl2N4/c16-11-9-12(17)15(19-10-11)21-7-5-20(6-8-21)14-4-2-1-3-13(14)18/h1-4,9-10H,5-8,18H2. The molecule has 2 aromatic rings. The van der Waals surface area contributed by atoms with E-state index in [-0.39, 0.29) is 0 Å². The van der Waals surface area contributed by atoms with Crippen molar-refractivity contribution in [3.8, 4) is 0 Å². The molecule has 6 heteroatoms. The molecule has 0 amide bonds. The lowest BCUT2D eigenvalue weighted by atomic mass is 10.2. The number of aromatic nitrogens is 1. The van der Waals surface area contributed by atoms with Crippen molar-refractivity contribution in [1.29, 1.82) is 0 Å². The lowest BCUT2D eigenvalue weighted by molar-refractivity contribution is 0.648. The topological polar surface area (TPSA) is 45.4 Å². The summed E-state index contributed by atoms with van der Waals surface area (Å²) >= 11 is 12.1. The molecule has 0 saturated carbocycles. The molecule has 0 atom stereocenters. The van der Waals surface area contributed by atoms with Crippen LogP contribution in [0.5, 0.6) is 0 Å². The first-order chi connectivity index (χ1) is 10.1. The third-order valence-corrected chi connectivity index (χ3v) is 4.13. The van der Waals surface area contributed by atoms with E-state index in [9.17, 15) is 0 Å². The summed E-state index contributed by atoms with van der Waals surface area (Å²) in [5.74, 6) is 0.793. The average Bonchev–Trinajstić information content (AvgIpc) is 2.48. The summed E-state index contributed by atoms with van der Waals surface area (Å²) < 4.78 is 0. The predicted molar refractivity (Wildman–Crippen MR) is 89.5 cm³/mol. The number of pyridine rings is 1. The van der Waals surface area contributed by atoms with Crippen molar-refractivity contribution in [2.24, 2.45) is 0 Å². The van der Waals surface area contributed by atoms with Crippen LogP contribution >= 0.6 is 23.2 Å². The molecule has 4 nitrogen and oxygen atoms in total. The van der Waals surface area contributed by atoms with Crippen LogP contribution in [0.2, 0.25) is 10.0 Å². The minimum atomic E-state index is 0.555. The molecule has 0 spiro atoms. The van der Waals surface area contributed by atoms with Crippen LogP contribution in [-0.2, 0) is 0 Å². The zero-order valence-electron chi connectivity index (χ0n) is 11.5. The van der Waals surface area contributed by atoms with Gasteiger partial charge in [-0.05, 0) is 18.2 Å². The van der Waals surface area contributed by atoms with Crippen LogP contribution in [0.25, 0.3) is 0 Å². The van der Waals surface area contributed by atoms with Crippen LogP contribution < -0.4 is 15.5 Å². The van der Waals surface area contributed by atoms with Gasteiger partial charge in [-0.15, -0.1) is 0 Å². The van der Waals surface area contributed by atoms with Gasteiger partial charge in [0.15, 0.2) is 0 Å². The van der Waals surface area contributed by atoms with Crippen molar-refractivity contribution in [1.82, 2.24) is 4.98 Å². The lowest BCUT2D eigenvalue weighted by Gasteiger charge is -2.37. The van der Waals surface area contributed by atoms with E-state index in [0.717, 1.165) is 43.4 Å². The Morgan fingerprint density at radius 3 is 2.33 bits per heavy atom. The van der Waals surface area contributed by atoms with E-state index < -0.39 is 0 Å². The molecule has 1 aliphatic rings. The summed E-state index contributed by atoms with van der Waals surface area (Å²) in [4.78, 5) is 8.80. The smallest absolute Gasteiger partial charge is 0.147 e. The summed E-state index contributed by atoms with van der Waals surface area (Å²) in [6.45, 7) is 3.47. The molecule has 1 fully saturated rings. The van der Waals surface area contributed by atoms with Gasteiger partial charge in [-0.1, -0.05) is 35.3 Å². The Morgan fingerprint density at radius 2 is 1.67 bits per heavy atom. The SMILES string of the molecule is Nc1ccccc1N1CCN(c2ncc(Cl)cc2Cl)CC1. The van der Waals surface area contributed by atoms with E-state index in [1.54, 1.807) is 12.3 Å². The summed E-state index contributed by atoms with van der Waals surface area (Å²) in [7, 11) is 0. The fraction of sp³-hybridized carbons (Fsp3) is 0.267. The van der Waals surface area contributed by atoms with Gasteiger partial charge in [-0.3, -0.25) is 0 Å². The van der Waals surface area contributed by atoms with Gasteiger partial charge in [0.05, 0.1) is 21.4 Å². The molecule has 1 saturated heterocycles. The van der Waals surface area contributed by atoms with Gasteiger partial charge in [0.25, 0.3) is 0 Å². The van der Waals surface area contributed by atoms with Crippen LogP contribution in [0, 0.1) is 0 Å². The Kier molecular flexibility index (Phi) is 4.08. The van der Waals surface area contributed by atoms with Crippen molar-refractivity contribution in [3.63, 3.8) is 0 Å². The molecule has 0 bridgehead atoms. The normalized spacial score (nSPS) is 15.3. The fourth-order valence-corrected chi connectivity index (χ4v) is 3.07. The molecule has 0 radical (unpaired) electrons. The van der Waals surface area contributed by atoms with Crippen LogP contribution in [0.4, 0.5) is 17.2 Å². The Hall–Kier alpha value is -1.65. The van der Waals surface area contributed by atoms with Gasteiger partial charge >= 0.3 is 0 Å². The number of halogens is 2. The Bertz CT molecular complexity index is 639. The van der Waals surface area contributed by atoms with Crippen LogP contribution in [0.15, 0.2) is 36.5 Å². The molecule has 21 heavy (non-hydrogen) atoms. The first-order valence-electron chi connectivity index (χ1n) is 6.80. The number of hydrogen-bond acceptors (Lipinski definition) is 4. The molecular formula is C15H16Cl2N4. The van der Waals surface area contributed by atoms with Crippen LogP contribution in [-0.4, -0.2) is 31.2 Å². The zero-order chi connectivity index (χ0) is 14.8. The number of piperazine rings is 1. The first-order valence-corrected chi connectivity index (χ1v) is 7.56. The summed E-state index contributed by atoms with van der Waals surface area (Å²) in [5.41, 5.74) is 7.94. The molecule has 1 aromatic carbocycles. The van der Waals surface area contributed by atoms with E-state index in [1.165, 1.54) is 0 Å². The Labute approximate surface area is 134 Å². The highest BCUT2D eigenvalue weighted by Gasteiger charge is 2.21. The predicted octanol–water partition coefficient (Wildman–Crippen LogP) is 3.30. The summed E-state index contributed by atoms with van der Waals surface area (Å²) in [6.07, 6.45) is 1.63. The number of benzene rings is 1. The molecule has 2 N–H and O–H groups in total. The Morgan fingerprint density at radius 1 is 1.00 bits per heavy atom. The molecular weight excluding hydrogens is 307 g/mol. The van der Waals surface area contributed by atoms with E-state index in [2.05, 4.69) is 20.9 Å². The highest BCUT2D eigenvalue weighted by atomic mass is 35.5. The largest absolute Gasteiger partial charge is 0.397 e. The van der Waals surface area contributed by atoms with Crippen molar-refractivity contribution in [2.75, 3.05) is 41.7 Å². The van der Waals surface area contributed by atoms with E-state index in [4.69, 9.17) is 28.9 Å². The monoisotopic (exact) mass is 322 g/mol. The summed E-state index contributed by atoms with van der Waals surface area (Å²) in [5, 5.41) is 1.15. The third kappa shape index (κ3) is 3.01. The molecule has 2 heterocycles. The number of anilines is 3. The minimum absolute atomic E-state index is 0.555. The second-order valence-corrected chi connectivity index (χ2v) is 5.84. The van der Waals surface area contributed by atoms with Crippen molar-refractivity contribution in [2.45, 2.75) is 0 Å². The number of rotatable bonds is 2. The molecule has 0 aliphatic carbocycles. The number of nitrogen functional groups attached to an aromatic ring is 1. The molecule has 110 valence electrons. The maximum atomic E-state index is 6.22. The second-order valence-electron chi connectivity index (χ2n) is 4.99.